The molecule has 5 nitrogen and oxygen atoms in total. The summed E-state index contributed by atoms with van der Waals surface area (Å²) in [5.74, 6) is 0.678. The van der Waals surface area contributed by atoms with E-state index in [1.165, 1.54) is 6.07 Å². The Morgan fingerprint density at radius 2 is 2.16 bits per heavy atom. The molecule has 0 amide bonds. The summed E-state index contributed by atoms with van der Waals surface area (Å²) in [5, 5.41) is 0. The Balaban J connectivity index is 2.00. The van der Waals surface area contributed by atoms with Gasteiger partial charge >= 0.3 is 0 Å². The third-order valence-electron chi connectivity index (χ3n) is 2.75. The average Bonchev–Trinajstić information content (AvgIpc) is 2.42. The van der Waals surface area contributed by atoms with Crippen LogP contribution in [0.1, 0.15) is 11.4 Å². The molecule has 0 fully saturated rings. The van der Waals surface area contributed by atoms with Gasteiger partial charge in [0.1, 0.15) is 12.4 Å². The highest BCUT2D eigenvalue weighted by Crippen LogP contribution is 2.16. The number of aryl methyl sites for hydroxylation is 1. The van der Waals surface area contributed by atoms with E-state index in [0.717, 1.165) is 11.4 Å². The molecule has 0 bridgehead atoms. The molecule has 2 rings (SSSR count). The van der Waals surface area contributed by atoms with E-state index >= 15 is 0 Å². The Hall–Kier alpha value is -2.14. The summed E-state index contributed by atoms with van der Waals surface area (Å²) < 4.78 is 7.24. The van der Waals surface area contributed by atoms with Gasteiger partial charge in [-0.05, 0) is 25.1 Å². The molecule has 0 aliphatic carbocycles. The van der Waals surface area contributed by atoms with Gasteiger partial charge in [-0.1, -0.05) is 6.07 Å². The molecule has 0 atom stereocenters. The van der Waals surface area contributed by atoms with E-state index in [2.05, 4.69) is 4.98 Å². The highest BCUT2D eigenvalue weighted by molar-refractivity contribution is 5.29. The molecule has 2 N–H and O–H groups in total. The molecule has 0 spiro atoms. The van der Waals surface area contributed by atoms with E-state index < -0.39 is 0 Å². The maximum atomic E-state index is 11.5. The van der Waals surface area contributed by atoms with Gasteiger partial charge in [0.15, 0.2) is 0 Å². The van der Waals surface area contributed by atoms with Gasteiger partial charge in [-0.15, -0.1) is 0 Å². The number of nitrogens with two attached hydrogens (primary N) is 1. The monoisotopic (exact) mass is 259 g/mol. The van der Waals surface area contributed by atoms with E-state index in [-0.39, 0.29) is 5.56 Å². The molecular formula is C14H17N3O2. The number of nitrogens with zero attached hydrogens (tertiary/aromatic N) is 2. The summed E-state index contributed by atoms with van der Waals surface area (Å²) in [4.78, 5) is 15.8. The van der Waals surface area contributed by atoms with E-state index in [9.17, 15) is 4.79 Å². The third kappa shape index (κ3) is 3.42. The van der Waals surface area contributed by atoms with Crippen LogP contribution in [0.2, 0.25) is 0 Å². The maximum Gasteiger partial charge on any atom is 0.250 e. The van der Waals surface area contributed by atoms with Crippen molar-refractivity contribution in [2.45, 2.75) is 20.0 Å². The second kappa shape index (κ2) is 6.15. The minimum atomic E-state index is -0.0350. The standard InChI is InChI=1S/C14H17N3O2/c1-11-5-6-13(12(10-15)16-11)19-9-8-17-7-3-2-4-14(17)18/h2-7H,8-10,15H2,1H3. The van der Waals surface area contributed by atoms with Crippen molar-refractivity contribution in [3.8, 4) is 5.75 Å². The van der Waals surface area contributed by atoms with Gasteiger partial charge in [-0.25, -0.2) is 0 Å². The molecule has 0 unspecified atom stereocenters. The molecule has 0 radical (unpaired) electrons. The number of ether oxygens (including phenoxy) is 1. The minimum absolute atomic E-state index is 0.0350. The Morgan fingerprint density at radius 1 is 1.32 bits per heavy atom. The molecule has 0 aliphatic rings. The SMILES string of the molecule is Cc1ccc(OCCn2ccccc2=O)c(CN)n1. The lowest BCUT2D eigenvalue weighted by Gasteiger charge is -2.11. The molecule has 0 saturated heterocycles. The van der Waals surface area contributed by atoms with Crippen molar-refractivity contribution in [1.29, 1.82) is 0 Å². The fourth-order valence-corrected chi connectivity index (χ4v) is 1.77. The van der Waals surface area contributed by atoms with Crippen molar-refractivity contribution in [2.24, 2.45) is 5.73 Å². The Bertz CT molecular complexity index is 608. The summed E-state index contributed by atoms with van der Waals surface area (Å²) in [5.41, 5.74) is 7.24. The van der Waals surface area contributed by atoms with Crippen LogP contribution in [0.5, 0.6) is 5.75 Å². The predicted molar refractivity (Wildman–Crippen MR) is 73.1 cm³/mol. The number of rotatable bonds is 5. The predicted octanol–water partition coefficient (Wildman–Crippen LogP) is 1.09. The summed E-state index contributed by atoms with van der Waals surface area (Å²) in [6.45, 7) is 3.15. The lowest BCUT2D eigenvalue weighted by molar-refractivity contribution is 0.292. The minimum Gasteiger partial charge on any atom is -0.490 e. The van der Waals surface area contributed by atoms with Crippen LogP contribution in [-0.4, -0.2) is 16.2 Å². The van der Waals surface area contributed by atoms with Crippen LogP contribution in [0.4, 0.5) is 0 Å². The van der Waals surface area contributed by atoms with Crippen molar-refractivity contribution in [3.63, 3.8) is 0 Å². The normalized spacial score (nSPS) is 10.4. The first kappa shape index (κ1) is 13.3. The lowest BCUT2D eigenvalue weighted by Crippen LogP contribution is -2.21. The second-order valence-electron chi connectivity index (χ2n) is 4.18. The maximum absolute atomic E-state index is 11.5. The van der Waals surface area contributed by atoms with Crippen LogP contribution in [-0.2, 0) is 13.1 Å². The summed E-state index contributed by atoms with van der Waals surface area (Å²) >= 11 is 0. The second-order valence-corrected chi connectivity index (χ2v) is 4.18. The van der Waals surface area contributed by atoms with Crippen LogP contribution in [0.3, 0.4) is 0 Å². The van der Waals surface area contributed by atoms with Crippen molar-refractivity contribution >= 4 is 0 Å². The number of hydrogen-bond acceptors (Lipinski definition) is 4. The molecule has 2 heterocycles. The Labute approximate surface area is 111 Å². The van der Waals surface area contributed by atoms with Crippen LogP contribution in [0.25, 0.3) is 0 Å². The number of aromatic nitrogens is 2. The first-order valence-corrected chi connectivity index (χ1v) is 6.15. The zero-order chi connectivity index (χ0) is 13.7. The van der Waals surface area contributed by atoms with Crippen LogP contribution >= 0.6 is 0 Å². The fourth-order valence-electron chi connectivity index (χ4n) is 1.77. The van der Waals surface area contributed by atoms with E-state index in [1.54, 1.807) is 16.8 Å². The average molecular weight is 259 g/mol. The van der Waals surface area contributed by atoms with Gasteiger partial charge in [0.2, 0.25) is 0 Å². The summed E-state index contributed by atoms with van der Waals surface area (Å²) in [6, 6.07) is 8.80. The van der Waals surface area contributed by atoms with Gasteiger partial charge in [-0.3, -0.25) is 9.78 Å². The molecule has 0 aromatic carbocycles. The van der Waals surface area contributed by atoms with Crippen molar-refractivity contribution < 1.29 is 4.74 Å². The van der Waals surface area contributed by atoms with Crippen LogP contribution in [0.15, 0.2) is 41.3 Å². The zero-order valence-electron chi connectivity index (χ0n) is 10.9. The zero-order valence-corrected chi connectivity index (χ0v) is 10.9. The summed E-state index contributed by atoms with van der Waals surface area (Å²) in [6.07, 6.45) is 1.74. The molecule has 2 aromatic heterocycles. The number of pyridine rings is 2. The Morgan fingerprint density at radius 3 is 2.89 bits per heavy atom. The van der Waals surface area contributed by atoms with Gasteiger partial charge in [-0.2, -0.15) is 0 Å². The van der Waals surface area contributed by atoms with Crippen molar-refractivity contribution in [3.05, 3.63) is 58.3 Å². The largest absolute Gasteiger partial charge is 0.490 e. The molecular weight excluding hydrogens is 242 g/mol. The first-order valence-electron chi connectivity index (χ1n) is 6.15. The third-order valence-corrected chi connectivity index (χ3v) is 2.75. The Kier molecular flexibility index (Phi) is 4.30. The molecule has 0 saturated carbocycles. The van der Waals surface area contributed by atoms with Crippen molar-refractivity contribution in [2.75, 3.05) is 6.61 Å². The van der Waals surface area contributed by atoms with E-state index in [1.807, 2.05) is 25.1 Å². The highest BCUT2D eigenvalue weighted by Gasteiger charge is 2.04. The fraction of sp³-hybridized carbons (Fsp3) is 0.286. The quantitative estimate of drug-likeness (QED) is 0.872. The summed E-state index contributed by atoms with van der Waals surface area (Å²) in [7, 11) is 0. The molecule has 5 heteroatoms. The first-order chi connectivity index (χ1) is 9.20. The van der Waals surface area contributed by atoms with E-state index in [0.29, 0.717) is 25.4 Å². The molecule has 19 heavy (non-hydrogen) atoms. The lowest BCUT2D eigenvalue weighted by atomic mass is 10.3. The molecule has 0 aliphatic heterocycles. The van der Waals surface area contributed by atoms with Gasteiger partial charge in [0.25, 0.3) is 5.56 Å². The topological polar surface area (TPSA) is 70.1 Å². The van der Waals surface area contributed by atoms with E-state index in [4.69, 9.17) is 10.5 Å². The molecule has 2 aromatic rings. The molecule has 100 valence electrons. The van der Waals surface area contributed by atoms with Gasteiger partial charge in [0.05, 0.1) is 12.2 Å². The van der Waals surface area contributed by atoms with Crippen LogP contribution < -0.4 is 16.0 Å². The van der Waals surface area contributed by atoms with Crippen molar-refractivity contribution in [1.82, 2.24) is 9.55 Å². The van der Waals surface area contributed by atoms with Gasteiger partial charge < -0.3 is 15.0 Å². The van der Waals surface area contributed by atoms with Crippen LogP contribution in [0, 0.1) is 6.92 Å². The van der Waals surface area contributed by atoms with Gasteiger partial charge in [0, 0.05) is 24.5 Å². The smallest absolute Gasteiger partial charge is 0.250 e. The highest BCUT2D eigenvalue weighted by atomic mass is 16.5. The number of hydrogen-bond donors (Lipinski definition) is 1.